The van der Waals surface area contributed by atoms with Crippen LogP contribution in [0.3, 0.4) is 0 Å². The Balaban J connectivity index is 1.38. The molecule has 1 aromatic rings. The van der Waals surface area contributed by atoms with Crippen molar-refractivity contribution in [3.8, 4) is 0 Å². The number of nitrogens with zero attached hydrogens (tertiary/aromatic N) is 2. The Bertz CT molecular complexity index is 582. The maximum atomic E-state index is 12.3. The number of carboxylic acid groups (broad SMARTS) is 1. The average Bonchev–Trinajstić information content (AvgIpc) is 2.90. The number of carbonyl (C=O) groups is 2. The van der Waals surface area contributed by atoms with Gasteiger partial charge >= 0.3 is 5.97 Å². The van der Waals surface area contributed by atoms with E-state index in [-0.39, 0.29) is 18.1 Å². The lowest BCUT2D eigenvalue weighted by Gasteiger charge is -2.54. The molecule has 0 unspecified atom stereocenters. The van der Waals surface area contributed by atoms with Gasteiger partial charge in [0, 0.05) is 12.2 Å². The maximum absolute atomic E-state index is 12.3. The van der Waals surface area contributed by atoms with Crippen molar-refractivity contribution in [1.82, 2.24) is 15.1 Å². The molecule has 0 aromatic carbocycles. The van der Waals surface area contributed by atoms with Crippen LogP contribution in [0.25, 0.3) is 0 Å². The third kappa shape index (κ3) is 2.40. The van der Waals surface area contributed by atoms with E-state index in [1.807, 2.05) is 0 Å². The molecule has 4 saturated carbocycles. The molecule has 5 rings (SSSR count). The molecule has 2 N–H and O–H groups in total. The molecule has 0 saturated heterocycles. The van der Waals surface area contributed by atoms with Crippen LogP contribution in [0.2, 0.25) is 0 Å². The first-order chi connectivity index (χ1) is 10.6. The molecule has 4 aliphatic rings. The molecule has 0 aliphatic heterocycles. The van der Waals surface area contributed by atoms with E-state index >= 15 is 0 Å². The van der Waals surface area contributed by atoms with Gasteiger partial charge in [-0.1, -0.05) is 0 Å². The molecule has 1 heterocycles. The van der Waals surface area contributed by atoms with Crippen molar-refractivity contribution in [3.05, 3.63) is 18.0 Å². The lowest BCUT2D eigenvalue weighted by molar-refractivity contribution is -0.125. The molecule has 6 nitrogen and oxygen atoms in total. The van der Waals surface area contributed by atoms with Crippen molar-refractivity contribution >= 4 is 11.9 Å². The molecule has 0 spiro atoms. The van der Waals surface area contributed by atoms with Gasteiger partial charge in [-0.05, 0) is 61.8 Å². The molecule has 0 radical (unpaired) electrons. The predicted molar refractivity (Wildman–Crippen MR) is 78.2 cm³/mol. The zero-order valence-electron chi connectivity index (χ0n) is 12.4. The highest BCUT2D eigenvalue weighted by atomic mass is 16.4. The largest absolute Gasteiger partial charge is 0.476 e. The third-order valence-electron chi connectivity index (χ3n) is 5.72. The van der Waals surface area contributed by atoms with E-state index in [0.29, 0.717) is 17.9 Å². The Morgan fingerprint density at radius 1 is 1.18 bits per heavy atom. The molecule has 1 aromatic heterocycles. The van der Waals surface area contributed by atoms with E-state index in [0.717, 1.165) is 11.8 Å². The minimum Gasteiger partial charge on any atom is -0.476 e. The van der Waals surface area contributed by atoms with Gasteiger partial charge in [-0.2, -0.15) is 5.10 Å². The fraction of sp³-hybridized carbons (Fsp3) is 0.688. The average molecular weight is 303 g/mol. The van der Waals surface area contributed by atoms with E-state index in [9.17, 15) is 9.59 Å². The summed E-state index contributed by atoms with van der Waals surface area (Å²) in [4.78, 5) is 23.1. The van der Waals surface area contributed by atoms with Crippen molar-refractivity contribution in [1.29, 1.82) is 0 Å². The number of nitrogens with one attached hydrogen (secondary N) is 1. The fourth-order valence-electron chi connectivity index (χ4n) is 5.10. The van der Waals surface area contributed by atoms with Crippen LogP contribution in [0.5, 0.6) is 0 Å². The lowest BCUT2D eigenvalue weighted by Crippen LogP contribution is -2.56. The van der Waals surface area contributed by atoms with Crippen LogP contribution in [0.15, 0.2) is 12.3 Å². The number of hydrogen-bond donors (Lipinski definition) is 2. The van der Waals surface area contributed by atoms with Crippen molar-refractivity contribution in [3.63, 3.8) is 0 Å². The smallest absolute Gasteiger partial charge is 0.356 e. The molecule has 22 heavy (non-hydrogen) atoms. The van der Waals surface area contributed by atoms with Gasteiger partial charge in [-0.15, -0.1) is 0 Å². The Morgan fingerprint density at radius 3 is 2.36 bits per heavy atom. The molecule has 118 valence electrons. The highest BCUT2D eigenvalue weighted by Crippen LogP contribution is 2.53. The van der Waals surface area contributed by atoms with Gasteiger partial charge in [0.25, 0.3) is 0 Å². The summed E-state index contributed by atoms with van der Waals surface area (Å²) in [7, 11) is 0. The first-order valence-corrected chi connectivity index (χ1v) is 8.14. The Hall–Kier alpha value is -1.85. The molecular formula is C16H21N3O3. The second kappa shape index (κ2) is 5.11. The number of hydrogen-bond acceptors (Lipinski definition) is 3. The van der Waals surface area contributed by atoms with Crippen molar-refractivity contribution in [2.45, 2.75) is 44.7 Å². The van der Waals surface area contributed by atoms with E-state index in [1.54, 1.807) is 6.20 Å². The molecule has 1 amide bonds. The highest BCUT2D eigenvalue weighted by Gasteiger charge is 2.48. The van der Waals surface area contributed by atoms with Crippen LogP contribution in [-0.4, -0.2) is 32.8 Å². The molecule has 4 fully saturated rings. The summed E-state index contributed by atoms with van der Waals surface area (Å²) >= 11 is 0. The van der Waals surface area contributed by atoms with Gasteiger partial charge in [0.05, 0.1) is 0 Å². The third-order valence-corrected chi connectivity index (χ3v) is 5.72. The first-order valence-electron chi connectivity index (χ1n) is 8.14. The molecule has 4 bridgehead atoms. The van der Waals surface area contributed by atoms with Crippen LogP contribution >= 0.6 is 0 Å². The Kier molecular flexibility index (Phi) is 3.20. The topological polar surface area (TPSA) is 84.2 Å². The zero-order valence-corrected chi connectivity index (χ0v) is 12.4. The summed E-state index contributed by atoms with van der Waals surface area (Å²) in [5, 5.41) is 15.9. The van der Waals surface area contributed by atoms with Gasteiger partial charge in [0.1, 0.15) is 6.54 Å². The van der Waals surface area contributed by atoms with Crippen LogP contribution < -0.4 is 5.32 Å². The van der Waals surface area contributed by atoms with E-state index in [4.69, 9.17) is 5.11 Å². The lowest BCUT2D eigenvalue weighted by atomic mass is 9.54. The summed E-state index contributed by atoms with van der Waals surface area (Å²) in [6.45, 7) is 0.0933. The van der Waals surface area contributed by atoms with Crippen LogP contribution in [0, 0.1) is 23.7 Å². The molecule has 4 aliphatic carbocycles. The summed E-state index contributed by atoms with van der Waals surface area (Å²) in [5.74, 6) is 1.94. The molecular weight excluding hydrogens is 282 g/mol. The van der Waals surface area contributed by atoms with Gasteiger partial charge in [0.2, 0.25) is 5.91 Å². The van der Waals surface area contributed by atoms with Gasteiger partial charge in [0.15, 0.2) is 5.69 Å². The normalized spacial score (nSPS) is 35.5. The summed E-state index contributed by atoms with van der Waals surface area (Å²) in [5.41, 5.74) is -0.0255. The molecule has 0 atom stereocenters. The first kappa shape index (κ1) is 13.8. The van der Waals surface area contributed by atoms with Crippen LogP contribution in [-0.2, 0) is 11.3 Å². The van der Waals surface area contributed by atoms with E-state index in [1.165, 1.54) is 42.9 Å². The zero-order chi connectivity index (χ0) is 15.3. The van der Waals surface area contributed by atoms with Crippen LogP contribution in [0.1, 0.15) is 42.6 Å². The van der Waals surface area contributed by atoms with E-state index < -0.39 is 5.97 Å². The van der Waals surface area contributed by atoms with Crippen LogP contribution in [0.4, 0.5) is 0 Å². The van der Waals surface area contributed by atoms with Gasteiger partial charge in [-0.25, -0.2) is 4.79 Å². The maximum Gasteiger partial charge on any atom is 0.356 e. The van der Waals surface area contributed by atoms with Crippen molar-refractivity contribution in [2.75, 3.05) is 0 Å². The minimum atomic E-state index is -1.07. The summed E-state index contributed by atoms with van der Waals surface area (Å²) in [6.07, 6.45) is 8.01. The summed E-state index contributed by atoms with van der Waals surface area (Å²) in [6, 6.07) is 1.73. The van der Waals surface area contributed by atoms with Gasteiger partial charge in [-0.3, -0.25) is 9.48 Å². The number of carbonyl (C=O) groups excluding carboxylic acids is 1. The SMILES string of the molecule is O=C(Cn1ccc(C(=O)O)n1)NC1C2CC3CC(C2)CC1C3. The fourth-order valence-corrected chi connectivity index (χ4v) is 5.10. The quantitative estimate of drug-likeness (QED) is 0.883. The number of aromatic nitrogens is 2. The number of aromatic carboxylic acids is 1. The minimum absolute atomic E-state index is 0.0255. The number of carboxylic acids is 1. The number of amides is 1. The second-order valence-electron chi connectivity index (χ2n) is 7.23. The second-order valence-corrected chi connectivity index (χ2v) is 7.23. The van der Waals surface area contributed by atoms with Crippen molar-refractivity contribution < 1.29 is 14.7 Å². The Morgan fingerprint density at radius 2 is 1.82 bits per heavy atom. The predicted octanol–water partition coefficient (Wildman–Crippen LogP) is 1.52. The Labute approximate surface area is 128 Å². The van der Waals surface area contributed by atoms with E-state index in [2.05, 4.69) is 10.4 Å². The van der Waals surface area contributed by atoms with Gasteiger partial charge < -0.3 is 10.4 Å². The standard InChI is InChI=1S/C16H21N3O3/c20-14(8-19-2-1-13(18-19)16(21)22)17-15-11-4-9-3-10(6-11)7-12(15)5-9/h1-2,9-12,15H,3-8H2,(H,17,20)(H,21,22). The monoisotopic (exact) mass is 303 g/mol. The molecule has 6 heteroatoms. The summed E-state index contributed by atoms with van der Waals surface area (Å²) < 4.78 is 1.40. The van der Waals surface area contributed by atoms with Crippen molar-refractivity contribution in [2.24, 2.45) is 23.7 Å². The number of rotatable bonds is 4. The highest BCUT2D eigenvalue weighted by molar-refractivity contribution is 5.85.